The third-order valence-electron chi connectivity index (χ3n) is 1.60. The minimum Gasteiger partial charge on any atom is -0.467 e. The second-order valence-electron chi connectivity index (χ2n) is 2.94. The fraction of sp³-hybridized carbons (Fsp3) is 0.500. The highest BCUT2D eigenvalue weighted by molar-refractivity contribution is 4.95. The molecular formula is C8H13N3O2. The van der Waals surface area contributed by atoms with E-state index in [0.29, 0.717) is 12.6 Å². The zero-order chi connectivity index (χ0) is 10.0. The molecular weight excluding hydrogens is 170 g/mol. The molecule has 72 valence electrons. The molecule has 0 saturated heterocycles. The van der Waals surface area contributed by atoms with Gasteiger partial charge in [-0.05, 0) is 6.92 Å². The first-order chi connectivity index (χ1) is 6.06. The molecule has 1 aromatic heterocycles. The van der Waals surface area contributed by atoms with E-state index < -0.39 is 0 Å². The number of hydrogen-bond acceptors (Lipinski definition) is 3. The van der Waals surface area contributed by atoms with E-state index in [-0.39, 0.29) is 5.69 Å². The molecule has 13 heavy (non-hydrogen) atoms. The topological polar surface area (TPSA) is 49.0 Å². The van der Waals surface area contributed by atoms with Crippen molar-refractivity contribution in [2.45, 2.75) is 13.5 Å². The molecule has 0 atom stereocenters. The molecule has 0 fully saturated rings. The monoisotopic (exact) mass is 183 g/mol. The van der Waals surface area contributed by atoms with Gasteiger partial charge in [0.25, 0.3) is 0 Å². The van der Waals surface area contributed by atoms with Gasteiger partial charge < -0.3 is 4.74 Å². The number of nitrogens with zero attached hydrogens (tertiary/aromatic N) is 3. The third-order valence-corrected chi connectivity index (χ3v) is 1.60. The van der Waals surface area contributed by atoms with Gasteiger partial charge in [0.1, 0.15) is 0 Å². The first-order valence-corrected chi connectivity index (χ1v) is 3.88. The number of allylic oxidation sites excluding steroid dienone is 1. The van der Waals surface area contributed by atoms with E-state index in [1.165, 1.54) is 16.4 Å². The van der Waals surface area contributed by atoms with Gasteiger partial charge in [0.05, 0.1) is 13.7 Å². The summed E-state index contributed by atoms with van der Waals surface area (Å²) in [5.41, 5.74) is 0.683. The van der Waals surface area contributed by atoms with Crippen LogP contribution in [0.15, 0.2) is 16.9 Å². The highest BCUT2D eigenvalue weighted by Crippen LogP contribution is 2.00. The van der Waals surface area contributed by atoms with Crippen LogP contribution in [0, 0.1) is 0 Å². The van der Waals surface area contributed by atoms with E-state index >= 15 is 0 Å². The Labute approximate surface area is 76.2 Å². The Morgan fingerprint density at radius 3 is 2.69 bits per heavy atom. The lowest BCUT2D eigenvalue weighted by molar-refractivity contribution is 0.361. The SMILES string of the molecule is C=C(C)Cn1nc(OC)n(C)c1=O. The van der Waals surface area contributed by atoms with Crippen molar-refractivity contribution in [3.05, 3.63) is 22.6 Å². The summed E-state index contributed by atoms with van der Waals surface area (Å²) in [5.74, 6) is 0. The number of methoxy groups -OCH3 is 1. The smallest absolute Gasteiger partial charge is 0.348 e. The van der Waals surface area contributed by atoms with E-state index in [9.17, 15) is 4.79 Å². The van der Waals surface area contributed by atoms with Gasteiger partial charge in [-0.2, -0.15) is 0 Å². The van der Waals surface area contributed by atoms with Crippen molar-refractivity contribution < 1.29 is 4.74 Å². The fourth-order valence-electron chi connectivity index (χ4n) is 1.00. The fourth-order valence-corrected chi connectivity index (χ4v) is 1.00. The van der Waals surface area contributed by atoms with Crippen molar-refractivity contribution in [1.82, 2.24) is 14.3 Å². The molecule has 0 aliphatic rings. The van der Waals surface area contributed by atoms with Gasteiger partial charge in [-0.25, -0.2) is 14.0 Å². The Balaban J connectivity index is 3.10. The summed E-state index contributed by atoms with van der Waals surface area (Å²) in [4.78, 5) is 11.4. The summed E-state index contributed by atoms with van der Waals surface area (Å²) in [6.45, 7) is 5.97. The average molecular weight is 183 g/mol. The van der Waals surface area contributed by atoms with Crippen molar-refractivity contribution in [1.29, 1.82) is 0 Å². The van der Waals surface area contributed by atoms with E-state index in [4.69, 9.17) is 4.74 Å². The van der Waals surface area contributed by atoms with Crippen LogP contribution in [0.4, 0.5) is 0 Å². The van der Waals surface area contributed by atoms with Gasteiger partial charge in [-0.1, -0.05) is 12.2 Å². The summed E-state index contributed by atoms with van der Waals surface area (Å²) < 4.78 is 7.56. The molecule has 0 N–H and O–H groups in total. The standard InChI is InChI=1S/C8H13N3O2/c1-6(2)5-11-8(12)10(3)7(9-11)13-4/h1,5H2,2-4H3. The van der Waals surface area contributed by atoms with Gasteiger partial charge in [0, 0.05) is 7.05 Å². The quantitative estimate of drug-likeness (QED) is 0.627. The van der Waals surface area contributed by atoms with Crippen LogP contribution >= 0.6 is 0 Å². The molecule has 0 aliphatic heterocycles. The second kappa shape index (κ2) is 3.47. The van der Waals surface area contributed by atoms with Crippen LogP contribution in [-0.4, -0.2) is 21.5 Å². The Kier molecular flexibility index (Phi) is 2.55. The number of ether oxygens (including phenoxy) is 1. The van der Waals surface area contributed by atoms with E-state index in [1.807, 2.05) is 6.92 Å². The number of hydrogen-bond donors (Lipinski definition) is 0. The van der Waals surface area contributed by atoms with Crippen molar-refractivity contribution in [2.75, 3.05) is 7.11 Å². The zero-order valence-corrected chi connectivity index (χ0v) is 8.07. The normalized spacial score (nSPS) is 10.1. The van der Waals surface area contributed by atoms with Crippen molar-refractivity contribution in [2.24, 2.45) is 7.05 Å². The van der Waals surface area contributed by atoms with Gasteiger partial charge in [-0.3, -0.25) is 0 Å². The van der Waals surface area contributed by atoms with Gasteiger partial charge >= 0.3 is 11.7 Å². The van der Waals surface area contributed by atoms with Gasteiger partial charge in [0.2, 0.25) is 0 Å². The first kappa shape index (κ1) is 9.57. The highest BCUT2D eigenvalue weighted by Gasteiger charge is 2.09. The van der Waals surface area contributed by atoms with Crippen LogP contribution in [0.25, 0.3) is 0 Å². The molecule has 1 aromatic rings. The summed E-state index contributed by atoms with van der Waals surface area (Å²) in [5, 5.41) is 3.95. The first-order valence-electron chi connectivity index (χ1n) is 3.88. The molecule has 1 heterocycles. The van der Waals surface area contributed by atoms with E-state index in [2.05, 4.69) is 11.7 Å². The van der Waals surface area contributed by atoms with E-state index in [1.54, 1.807) is 7.05 Å². The lowest BCUT2D eigenvalue weighted by Gasteiger charge is -1.95. The maximum atomic E-state index is 11.4. The van der Waals surface area contributed by atoms with Gasteiger partial charge in [0.15, 0.2) is 0 Å². The predicted octanol–water partition coefficient (Wildman–Crippen LogP) is 0.167. The second-order valence-corrected chi connectivity index (χ2v) is 2.94. The molecule has 0 aromatic carbocycles. The molecule has 5 heteroatoms. The Bertz CT molecular complexity index is 375. The van der Waals surface area contributed by atoms with Crippen LogP contribution in [0.5, 0.6) is 6.01 Å². The predicted molar refractivity (Wildman–Crippen MR) is 48.8 cm³/mol. The van der Waals surface area contributed by atoms with Crippen LogP contribution in [0.2, 0.25) is 0 Å². The summed E-state index contributed by atoms with van der Waals surface area (Å²) in [6.07, 6.45) is 0. The zero-order valence-electron chi connectivity index (χ0n) is 8.07. The maximum absolute atomic E-state index is 11.4. The van der Waals surface area contributed by atoms with Crippen LogP contribution in [0.3, 0.4) is 0 Å². The number of rotatable bonds is 3. The molecule has 0 unspecified atom stereocenters. The van der Waals surface area contributed by atoms with Crippen LogP contribution < -0.4 is 10.4 Å². The third kappa shape index (κ3) is 1.80. The molecule has 0 amide bonds. The van der Waals surface area contributed by atoms with Crippen molar-refractivity contribution >= 4 is 0 Å². The summed E-state index contributed by atoms with van der Waals surface area (Å²) in [7, 11) is 3.09. The molecule has 0 aliphatic carbocycles. The maximum Gasteiger partial charge on any atom is 0.348 e. The minimum atomic E-state index is -0.195. The molecule has 0 bridgehead atoms. The molecule has 1 rings (SSSR count). The number of aromatic nitrogens is 3. The Morgan fingerprint density at radius 1 is 1.69 bits per heavy atom. The summed E-state index contributed by atoms with van der Waals surface area (Å²) in [6, 6.07) is 0.311. The minimum absolute atomic E-state index is 0.195. The Morgan fingerprint density at radius 2 is 2.31 bits per heavy atom. The van der Waals surface area contributed by atoms with Crippen molar-refractivity contribution in [3.8, 4) is 6.01 Å². The Hall–Kier alpha value is -1.52. The summed E-state index contributed by atoms with van der Waals surface area (Å²) >= 11 is 0. The lowest BCUT2D eigenvalue weighted by Crippen LogP contribution is -2.23. The molecule has 5 nitrogen and oxygen atoms in total. The molecule has 0 saturated carbocycles. The van der Waals surface area contributed by atoms with Crippen LogP contribution in [-0.2, 0) is 13.6 Å². The van der Waals surface area contributed by atoms with Gasteiger partial charge in [-0.15, -0.1) is 5.10 Å². The largest absolute Gasteiger partial charge is 0.467 e. The molecule has 0 spiro atoms. The van der Waals surface area contributed by atoms with E-state index in [0.717, 1.165) is 5.57 Å². The van der Waals surface area contributed by atoms with Crippen molar-refractivity contribution in [3.63, 3.8) is 0 Å². The highest BCUT2D eigenvalue weighted by atomic mass is 16.5. The molecule has 0 radical (unpaired) electrons. The lowest BCUT2D eigenvalue weighted by atomic mass is 10.4. The van der Waals surface area contributed by atoms with Crippen LogP contribution in [0.1, 0.15) is 6.92 Å². The average Bonchev–Trinajstić information content (AvgIpc) is 2.32.